The van der Waals surface area contributed by atoms with Crippen LogP contribution in [-0.2, 0) is 6.54 Å². The van der Waals surface area contributed by atoms with E-state index in [1.54, 1.807) is 12.1 Å². The molecule has 0 spiro atoms. The number of rotatable bonds is 4. The summed E-state index contributed by atoms with van der Waals surface area (Å²) in [7, 11) is 0. The Labute approximate surface area is 128 Å². The van der Waals surface area contributed by atoms with Crippen LogP contribution in [-0.4, -0.2) is 11.3 Å². The van der Waals surface area contributed by atoms with Crippen LogP contribution in [0.25, 0.3) is 0 Å². The summed E-state index contributed by atoms with van der Waals surface area (Å²) in [5, 5.41) is 2.90. The molecule has 0 fully saturated rings. The molecule has 1 aromatic carbocycles. The summed E-state index contributed by atoms with van der Waals surface area (Å²) in [5.74, 6) is -0.287. The van der Waals surface area contributed by atoms with E-state index in [1.807, 2.05) is 19.1 Å². The lowest BCUT2D eigenvalue weighted by Crippen LogP contribution is -2.18. The van der Waals surface area contributed by atoms with Gasteiger partial charge in [0.25, 0.3) is 0 Å². The first kappa shape index (κ1) is 15.6. The molecule has 0 unspecified atom stereocenters. The first-order chi connectivity index (χ1) is 9.83. The van der Waals surface area contributed by atoms with Crippen LogP contribution in [0.4, 0.5) is 18.9 Å². The molecule has 0 saturated heterocycles. The fourth-order valence-electron chi connectivity index (χ4n) is 1.74. The molecule has 7 heteroatoms. The summed E-state index contributed by atoms with van der Waals surface area (Å²) in [6.07, 6.45) is -4.74. The van der Waals surface area contributed by atoms with Gasteiger partial charge in [-0.3, -0.25) is 4.98 Å². The minimum absolute atomic E-state index is 0.249. The Morgan fingerprint density at radius 3 is 2.67 bits per heavy atom. The molecule has 1 heterocycles. The zero-order chi connectivity index (χ0) is 15.5. The molecule has 2 rings (SSSR count). The maximum Gasteiger partial charge on any atom is 0.573 e. The standard InChI is InChI=1S/C14H12BrF3N2O/c1-9-3-2-4-11(20-9)8-19-12-6-5-10(15)7-13(12)21-14(16,17)18/h2-7,19H,8H2,1H3. The summed E-state index contributed by atoms with van der Waals surface area (Å²) in [4.78, 5) is 4.28. The Morgan fingerprint density at radius 1 is 1.24 bits per heavy atom. The van der Waals surface area contributed by atoms with Crippen LogP contribution in [0, 0.1) is 6.92 Å². The number of ether oxygens (including phenoxy) is 1. The van der Waals surface area contributed by atoms with E-state index in [4.69, 9.17) is 0 Å². The Morgan fingerprint density at radius 2 is 2.00 bits per heavy atom. The van der Waals surface area contributed by atoms with Crippen LogP contribution in [0.5, 0.6) is 5.75 Å². The number of hydrogen-bond donors (Lipinski definition) is 1. The van der Waals surface area contributed by atoms with Crippen molar-refractivity contribution >= 4 is 21.6 Å². The highest BCUT2D eigenvalue weighted by Gasteiger charge is 2.32. The number of hydrogen-bond acceptors (Lipinski definition) is 3. The molecule has 21 heavy (non-hydrogen) atoms. The highest BCUT2D eigenvalue weighted by molar-refractivity contribution is 9.10. The van der Waals surface area contributed by atoms with Crippen LogP contribution >= 0.6 is 15.9 Å². The second-order valence-corrected chi connectivity index (χ2v) is 5.23. The smallest absolute Gasteiger partial charge is 0.404 e. The molecule has 0 bridgehead atoms. The predicted octanol–water partition coefficient (Wildman–Crippen LogP) is 4.66. The van der Waals surface area contributed by atoms with Gasteiger partial charge in [-0.1, -0.05) is 22.0 Å². The third-order valence-corrected chi connectivity index (χ3v) is 3.07. The largest absolute Gasteiger partial charge is 0.573 e. The van der Waals surface area contributed by atoms with E-state index in [2.05, 4.69) is 31.0 Å². The zero-order valence-electron chi connectivity index (χ0n) is 11.0. The van der Waals surface area contributed by atoms with Crippen molar-refractivity contribution in [2.45, 2.75) is 19.8 Å². The van der Waals surface area contributed by atoms with Crippen molar-refractivity contribution in [2.24, 2.45) is 0 Å². The number of aryl methyl sites for hydroxylation is 1. The number of aromatic nitrogens is 1. The quantitative estimate of drug-likeness (QED) is 0.860. The molecule has 0 radical (unpaired) electrons. The lowest BCUT2D eigenvalue weighted by atomic mass is 10.2. The Kier molecular flexibility index (Phi) is 4.72. The normalized spacial score (nSPS) is 11.3. The molecular weight excluding hydrogens is 349 g/mol. The molecule has 1 N–H and O–H groups in total. The number of alkyl halides is 3. The molecule has 1 aromatic heterocycles. The van der Waals surface area contributed by atoms with Gasteiger partial charge in [-0.2, -0.15) is 0 Å². The Balaban J connectivity index is 2.15. The Bertz CT molecular complexity index is 632. The maximum atomic E-state index is 12.4. The summed E-state index contributed by atoms with van der Waals surface area (Å²) in [6.45, 7) is 2.15. The monoisotopic (exact) mass is 360 g/mol. The van der Waals surface area contributed by atoms with Crippen molar-refractivity contribution in [3.8, 4) is 5.75 Å². The molecule has 0 aliphatic rings. The molecule has 0 aliphatic carbocycles. The third-order valence-electron chi connectivity index (χ3n) is 2.58. The molecule has 0 aliphatic heterocycles. The summed E-state index contributed by atoms with van der Waals surface area (Å²) >= 11 is 3.12. The lowest BCUT2D eigenvalue weighted by Gasteiger charge is -2.15. The van der Waals surface area contributed by atoms with Crippen molar-refractivity contribution in [1.82, 2.24) is 4.98 Å². The summed E-state index contributed by atoms with van der Waals surface area (Å²) < 4.78 is 41.7. The summed E-state index contributed by atoms with van der Waals surface area (Å²) in [6, 6.07) is 9.90. The zero-order valence-corrected chi connectivity index (χ0v) is 12.6. The van der Waals surface area contributed by atoms with Gasteiger partial charge in [0.15, 0.2) is 5.75 Å². The highest BCUT2D eigenvalue weighted by Crippen LogP contribution is 2.33. The molecule has 3 nitrogen and oxygen atoms in total. The van der Waals surface area contributed by atoms with Gasteiger partial charge < -0.3 is 10.1 Å². The average Bonchev–Trinajstić information content (AvgIpc) is 2.36. The first-order valence-corrected chi connectivity index (χ1v) is 6.84. The minimum atomic E-state index is -4.74. The van der Waals surface area contributed by atoms with Gasteiger partial charge >= 0.3 is 6.36 Å². The van der Waals surface area contributed by atoms with Crippen LogP contribution in [0.15, 0.2) is 40.9 Å². The number of nitrogens with zero attached hydrogens (tertiary/aromatic N) is 1. The Hall–Kier alpha value is -1.76. The number of anilines is 1. The van der Waals surface area contributed by atoms with Crippen molar-refractivity contribution in [1.29, 1.82) is 0 Å². The molecule has 0 saturated carbocycles. The van der Waals surface area contributed by atoms with Gasteiger partial charge in [-0.05, 0) is 37.3 Å². The van der Waals surface area contributed by atoms with Gasteiger partial charge in [0.1, 0.15) is 0 Å². The highest BCUT2D eigenvalue weighted by atomic mass is 79.9. The molecule has 2 aromatic rings. The molecule has 0 amide bonds. The van der Waals surface area contributed by atoms with Gasteiger partial charge in [0.2, 0.25) is 0 Å². The van der Waals surface area contributed by atoms with E-state index in [-0.39, 0.29) is 11.4 Å². The van der Waals surface area contributed by atoms with E-state index in [1.165, 1.54) is 12.1 Å². The maximum absolute atomic E-state index is 12.4. The van der Waals surface area contributed by atoms with E-state index in [9.17, 15) is 13.2 Å². The van der Waals surface area contributed by atoms with Gasteiger partial charge in [-0.25, -0.2) is 0 Å². The van der Waals surface area contributed by atoms with Crippen LogP contribution < -0.4 is 10.1 Å². The topological polar surface area (TPSA) is 34.1 Å². The lowest BCUT2D eigenvalue weighted by molar-refractivity contribution is -0.274. The second kappa shape index (κ2) is 6.34. The molecule has 112 valence electrons. The predicted molar refractivity (Wildman–Crippen MR) is 77.1 cm³/mol. The molecule has 0 atom stereocenters. The van der Waals surface area contributed by atoms with Crippen molar-refractivity contribution in [3.05, 3.63) is 52.3 Å². The summed E-state index contributed by atoms with van der Waals surface area (Å²) in [5.41, 5.74) is 1.83. The van der Waals surface area contributed by atoms with E-state index in [0.717, 1.165) is 11.4 Å². The number of benzene rings is 1. The van der Waals surface area contributed by atoms with Crippen LogP contribution in [0.1, 0.15) is 11.4 Å². The number of nitrogens with one attached hydrogen (secondary N) is 1. The van der Waals surface area contributed by atoms with Gasteiger partial charge in [-0.15, -0.1) is 13.2 Å². The second-order valence-electron chi connectivity index (χ2n) is 4.31. The van der Waals surface area contributed by atoms with Crippen molar-refractivity contribution in [3.63, 3.8) is 0 Å². The van der Waals surface area contributed by atoms with E-state index < -0.39 is 6.36 Å². The fourth-order valence-corrected chi connectivity index (χ4v) is 2.08. The van der Waals surface area contributed by atoms with Gasteiger partial charge in [0, 0.05) is 10.2 Å². The van der Waals surface area contributed by atoms with Crippen molar-refractivity contribution in [2.75, 3.05) is 5.32 Å². The van der Waals surface area contributed by atoms with Crippen LogP contribution in [0.2, 0.25) is 0 Å². The fraction of sp³-hybridized carbons (Fsp3) is 0.214. The van der Waals surface area contributed by atoms with Crippen LogP contribution in [0.3, 0.4) is 0 Å². The number of halogens is 4. The molecular formula is C14H12BrF3N2O. The van der Waals surface area contributed by atoms with E-state index in [0.29, 0.717) is 11.0 Å². The minimum Gasteiger partial charge on any atom is -0.404 e. The first-order valence-electron chi connectivity index (χ1n) is 6.05. The van der Waals surface area contributed by atoms with E-state index >= 15 is 0 Å². The third kappa shape index (κ3) is 4.93. The van der Waals surface area contributed by atoms with Gasteiger partial charge in [0.05, 0.1) is 17.9 Å². The number of pyridine rings is 1. The average molecular weight is 361 g/mol. The van der Waals surface area contributed by atoms with Crippen molar-refractivity contribution < 1.29 is 17.9 Å². The SMILES string of the molecule is Cc1cccc(CNc2ccc(Br)cc2OC(F)(F)F)n1.